The minimum atomic E-state index is 0.624. The quantitative estimate of drug-likeness (QED) is 0.186. The molecule has 0 radical (unpaired) electrons. The van der Waals surface area contributed by atoms with E-state index in [2.05, 4.69) is 108 Å². The SMILES string of the molecule is C=C(CC)n1c2ccccc2c2ccc3c(c4ccccc4n3-c3ccccc3-c3nc(-c4ccccc4)nc(-c4ccccc4)n3)c21. The number of fused-ring (bicyclic) bond motifs is 7. The summed E-state index contributed by atoms with van der Waals surface area (Å²) in [4.78, 5) is 15.2. The Morgan fingerprint density at radius 2 is 1.08 bits per heavy atom. The van der Waals surface area contributed by atoms with E-state index in [1.807, 2.05) is 60.7 Å². The molecule has 0 aliphatic rings. The molecule has 0 saturated heterocycles. The van der Waals surface area contributed by atoms with Gasteiger partial charge in [0.05, 0.1) is 27.8 Å². The second kappa shape index (κ2) is 11.2. The van der Waals surface area contributed by atoms with Gasteiger partial charge in [0.25, 0.3) is 0 Å². The van der Waals surface area contributed by atoms with E-state index in [1.165, 1.54) is 32.6 Å². The molecule has 0 atom stereocenters. The van der Waals surface area contributed by atoms with Crippen molar-refractivity contribution in [2.75, 3.05) is 0 Å². The number of allylic oxidation sites excluding steroid dienone is 1. The zero-order chi connectivity index (χ0) is 32.2. The molecule has 0 fully saturated rings. The number of hydrogen-bond donors (Lipinski definition) is 0. The molecular weight excluding hydrogens is 587 g/mol. The lowest BCUT2D eigenvalue weighted by molar-refractivity contribution is 1.06. The molecule has 0 bridgehead atoms. The number of nitrogens with zero attached hydrogens (tertiary/aromatic N) is 5. The van der Waals surface area contributed by atoms with Crippen molar-refractivity contribution in [1.82, 2.24) is 24.1 Å². The summed E-state index contributed by atoms with van der Waals surface area (Å²) in [6, 6.07) is 50.5. The summed E-state index contributed by atoms with van der Waals surface area (Å²) in [5.74, 6) is 1.90. The molecular formula is C43H31N5. The predicted octanol–water partition coefficient (Wildman–Crippen LogP) is 11.0. The van der Waals surface area contributed by atoms with Crippen LogP contribution in [0.5, 0.6) is 0 Å². The first-order chi connectivity index (χ1) is 23.7. The molecule has 9 rings (SSSR count). The van der Waals surface area contributed by atoms with Crippen molar-refractivity contribution in [2.45, 2.75) is 13.3 Å². The zero-order valence-corrected chi connectivity index (χ0v) is 26.5. The highest BCUT2D eigenvalue weighted by Crippen LogP contribution is 2.43. The minimum Gasteiger partial charge on any atom is -0.313 e. The molecule has 3 heterocycles. The lowest BCUT2D eigenvalue weighted by atomic mass is 10.1. The third kappa shape index (κ3) is 4.28. The van der Waals surface area contributed by atoms with Gasteiger partial charge in [0.2, 0.25) is 0 Å². The van der Waals surface area contributed by atoms with Gasteiger partial charge in [-0.05, 0) is 36.8 Å². The Morgan fingerprint density at radius 3 is 1.77 bits per heavy atom. The normalized spacial score (nSPS) is 11.6. The highest BCUT2D eigenvalue weighted by molar-refractivity contribution is 6.26. The Morgan fingerprint density at radius 1 is 0.521 bits per heavy atom. The molecule has 0 unspecified atom stereocenters. The van der Waals surface area contributed by atoms with Crippen LogP contribution in [0.3, 0.4) is 0 Å². The second-order valence-electron chi connectivity index (χ2n) is 12.0. The van der Waals surface area contributed by atoms with E-state index in [9.17, 15) is 0 Å². The first-order valence-electron chi connectivity index (χ1n) is 16.3. The largest absolute Gasteiger partial charge is 0.313 e. The van der Waals surface area contributed by atoms with Crippen molar-refractivity contribution in [2.24, 2.45) is 0 Å². The average molecular weight is 618 g/mol. The van der Waals surface area contributed by atoms with Gasteiger partial charge in [-0.25, -0.2) is 15.0 Å². The Kier molecular flexibility index (Phi) is 6.51. The highest BCUT2D eigenvalue weighted by Gasteiger charge is 2.23. The molecule has 5 nitrogen and oxygen atoms in total. The minimum absolute atomic E-state index is 0.624. The fourth-order valence-corrected chi connectivity index (χ4v) is 7.04. The lowest BCUT2D eigenvalue weighted by Crippen LogP contribution is -2.03. The molecule has 0 amide bonds. The van der Waals surface area contributed by atoms with Gasteiger partial charge >= 0.3 is 0 Å². The number of benzene rings is 6. The highest BCUT2D eigenvalue weighted by atomic mass is 15.1. The molecule has 0 spiro atoms. The summed E-state index contributed by atoms with van der Waals surface area (Å²) in [7, 11) is 0. The van der Waals surface area contributed by atoms with E-state index in [1.54, 1.807) is 0 Å². The summed E-state index contributed by atoms with van der Waals surface area (Å²) >= 11 is 0. The second-order valence-corrected chi connectivity index (χ2v) is 12.0. The summed E-state index contributed by atoms with van der Waals surface area (Å²) in [6.07, 6.45) is 0.846. The van der Waals surface area contributed by atoms with Gasteiger partial charge in [-0.1, -0.05) is 129 Å². The molecule has 5 heteroatoms. The lowest BCUT2D eigenvalue weighted by Gasteiger charge is -2.15. The van der Waals surface area contributed by atoms with E-state index < -0.39 is 0 Å². The van der Waals surface area contributed by atoms with Crippen LogP contribution in [0.2, 0.25) is 0 Å². The van der Waals surface area contributed by atoms with Gasteiger partial charge in [0.15, 0.2) is 17.5 Å². The Hall–Kier alpha value is -6.33. The average Bonchev–Trinajstić information content (AvgIpc) is 3.68. The number of para-hydroxylation sites is 3. The molecule has 9 aromatic rings. The van der Waals surface area contributed by atoms with Crippen molar-refractivity contribution in [3.05, 3.63) is 152 Å². The third-order valence-electron chi connectivity index (χ3n) is 9.28. The Balaban J connectivity index is 1.37. The van der Waals surface area contributed by atoms with Crippen LogP contribution in [0.25, 0.3) is 89.2 Å². The molecule has 0 aliphatic heterocycles. The standard InChI is InChI=1S/C43H31N5/c1-3-28(2)47-35-23-13-10-20-31(35)32-26-27-38-39(40(32)47)33-21-11-14-24-36(33)48(38)37-25-15-12-22-34(37)43-45-41(29-16-6-4-7-17-29)44-42(46-43)30-18-8-5-9-19-30/h4-27H,2-3H2,1H3. The van der Waals surface area contributed by atoms with Crippen LogP contribution < -0.4 is 0 Å². The van der Waals surface area contributed by atoms with Crippen molar-refractivity contribution in [3.63, 3.8) is 0 Å². The van der Waals surface area contributed by atoms with Crippen molar-refractivity contribution in [1.29, 1.82) is 0 Å². The van der Waals surface area contributed by atoms with Gasteiger partial charge in [-0.15, -0.1) is 0 Å². The molecule has 228 valence electrons. The van der Waals surface area contributed by atoms with E-state index in [-0.39, 0.29) is 0 Å². The fraction of sp³-hybridized carbons (Fsp3) is 0.0465. The fourth-order valence-electron chi connectivity index (χ4n) is 7.04. The first kappa shape index (κ1) is 27.9. The summed E-state index contributed by atoms with van der Waals surface area (Å²) in [5.41, 5.74) is 9.48. The molecule has 0 N–H and O–H groups in total. The van der Waals surface area contributed by atoms with E-state index >= 15 is 0 Å². The first-order valence-corrected chi connectivity index (χ1v) is 16.3. The van der Waals surface area contributed by atoms with Crippen LogP contribution in [0, 0.1) is 0 Å². The molecule has 3 aromatic heterocycles. The van der Waals surface area contributed by atoms with Gasteiger partial charge in [0.1, 0.15) is 0 Å². The van der Waals surface area contributed by atoms with Crippen LogP contribution >= 0.6 is 0 Å². The molecule has 0 aliphatic carbocycles. The smallest absolute Gasteiger partial charge is 0.166 e. The van der Waals surface area contributed by atoms with Crippen molar-refractivity contribution in [3.8, 4) is 39.9 Å². The van der Waals surface area contributed by atoms with Gasteiger partial charge in [-0.2, -0.15) is 0 Å². The zero-order valence-electron chi connectivity index (χ0n) is 26.5. The monoisotopic (exact) mass is 617 g/mol. The number of hydrogen-bond acceptors (Lipinski definition) is 3. The van der Waals surface area contributed by atoms with Gasteiger partial charge < -0.3 is 9.13 Å². The Bertz CT molecular complexity index is 2610. The number of rotatable bonds is 6. The summed E-state index contributed by atoms with van der Waals surface area (Å²) < 4.78 is 4.73. The van der Waals surface area contributed by atoms with Gasteiger partial charge in [-0.3, -0.25) is 0 Å². The van der Waals surface area contributed by atoms with Crippen LogP contribution in [0.4, 0.5) is 0 Å². The third-order valence-corrected chi connectivity index (χ3v) is 9.28. The van der Waals surface area contributed by atoms with Crippen LogP contribution in [-0.4, -0.2) is 24.1 Å². The van der Waals surface area contributed by atoms with Crippen LogP contribution in [-0.2, 0) is 0 Å². The maximum absolute atomic E-state index is 5.11. The molecule has 48 heavy (non-hydrogen) atoms. The summed E-state index contributed by atoms with van der Waals surface area (Å²) in [5, 5.41) is 4.84. The maximum atomic E-state index is 5.11. The van der Waals surface area contributed by atoms with E-state index in [4.69, 9.17) is 15.0 Å². The van der Waals surface area contributed by atoms with Crippen LogP contribution in [0.1, 0.15) is 13.3 Å². The van der Waals surface area contributed by atoms with E-state index in [0.717, 1.165) is 45.5 Å². The maximum Gasteiger partial charge on any atom is 0.166 e. The topological polar surface area (TPSA) is 48.5 Å². The van der Waals surface area contributed by atoms with Crippen molar-refractivity contribution < 1.29 is 0 Å². The van der Waals surface area contributed by atoms with E-state index in [0.29, 0.717) is 17.5 Å². The molecule has 0 saturated carbocycles. The van der Waals surface area contributed by atoms with Crippen molar-refractivity contribution >= 4 is 49.3 Å². The molecule has 6 aromatic carbocycles. The Labute approximate surface area is 278 Å². The van der Waals surface area contributed by atoms with Gasteiger partial charge in [0, 0.05) is 43.9 Å². The summed E-state index contributed by atoms with van der Waals surface area (Å²) in [6.45, 7) is 6.69. The van der Waals surface area contributed by atoms with Crippen LogP contribution in [0.15, 0.2) is 152 Å². The predicted molar refractivity (Wildman–Crippen MR) is 199 cm³/mol. The number of aromatic nitrogens is 5.